The van der Waals surface area contributed by atoms with E-state index in [-0.39, 0.29) is 6.04 Å². The molecule has 5 heteroatoms. The molecule has 0 aromatic carbocycles. The minimum atomic E-state index is 0.260. The molecule has 4 rings (SSSR count). The first kappa shape index (κ1) is 10.8. The molecule has 3 aliphatic rings. The number of hydrogen-bond acceptors (Lipinski definition) is 5. The van der Waals surface area contributed by atoms with Crippen LogP contribution < -0.4 is 0 Å². The average Bonchev–Trinajstić information content (AvgIpc) is 2.39. The topological polar surface area (TPSA) is 49.3 Å². The first-order valence-corrected chi connectivity index (χ1v) is 6.03. The number of aryl methyl sites for hydroxylation is 1. The third-order valence-corrected chi connectivity index (χ3v) is 3.59. The van der Waals surface area contributed by atoms with Gasteiger partial charge in [0.1, 0.15) is 11.5 Å². The Balaban J connectivity index is 1.93. The Labute approximate surface area is 100 Å². The van der Waals surface area contributed by atoms with Crippen LogP contribution in [0.2, 0.25) is 0 Å². The van der Waals surface area contributed by atoms with Crippen molar-refractivity contribution >= 4 is 6.29 Å². The predicted molar refractivity (Wildman–Crippen MR) is 62.9 cm³/mol. The second kappa shape index (κ2) is 4.16. The molecule has 0 saturated carbocycles. The molecule has 90 valence electrons. The van der Waals surface area contributed by atoms with Gasteiger partial charge in [0.15, 0.2) is 6.29 Å². The minimum absolute atomic E-state index is 0.260. The Kier molecular flexibility index (Phi) is 2.64. The van der Waals surface area contributed by atoms with E-state index in [0.29, 0.717) is 5.69 Å². The van der Waals surface area contributed by atoms with E-state index in [1.807, 2.05) is 6.92 Å². The van der Waals surface area contributed by atoms with E-state index >= 15 is 0 Å². The van der Waals surface area contributed by atoms with Gasteiger partial charge in [0.25, 0.3) is 0 Å². The minimum Gasteiger partial charge on any atom is -0.299 e. The molecule has 0 amide bonds. The average molecular weight is 232 g/mol. The van der Waals surface area contributed by atoms with E-state index in [0.717, 1.165) is 50.5 Å². The van der Waals surface area contributed by atoms with Gasteiger partial charge in [-0.3, -0.25) is 14.6 Å². The summed E-state index contributed by atoms with van der Waals surface area (Å²) >= 11 is 0. The summed E-state index contributed by atoms with van der Waals surface area (Å²) in [7, 11) is 0. The number of fused-ring (bicyclic) bond motifs is 3. The van der Waals surface area contributed by atoms with Crippen LogP contribution in [-0.4, -0.2) is 58.8 Å². The van der Waals surface area contributed by atoms with Gasteiger partial charge < -0.3 is 0 Å². The smallest absolute Gasteiger partial charge is 0.168 e. The molecule has 1 aromatic rings. The predicted octanol–water partition coefficient (Wildman–Crippen LogP) is 0.270. The molecule has 0 N–H and O–H groups in total. The molecular weight excluding hydrogens is 216 g/mol. The normalized spacial score (nSPS) is 31.5. The van der Waals surface area contributed by atoms with Crippen molar-refractivity contribution in [3.8, 4) is 0 Å². The van der Waals surface area contributed by atoms with Crippen molar-refractivity contribution in [3.05, 3.63) is 23.3 Å². The number of carbonyl (C=O) groups is 1. The van der Waals surface area contributed by atoms with Crippen LogP contribution in [0.5, 0.6) is 0 Å². The highest BCUT2D eigenvalue weighted by Crippen LogP contribution is 2.26. The van der Waals surface area contributed by atoms with Gasteiger partial charge in [-0.2, -0.15) is 0 Å². The fourth-order valence-electron chi connectivity index (χ4n) is 2.69. The van der Waals surface area contributed by atoms with Gasteiger partial charge in [0, 0.05) is 38.4 Å². The van der Waals surface area contributed by atoms with Gasteiger partial charge in [0.2, 0.25) is 0 Å². The monoisotopic (exact) mass is 232 g/mol. The molecule has 3 saturated heterocycles. The Bertz CT molecular complexity index is 440. The number of aromatic nitrogens is 2. The van der Waals surface area contributed by atoms with Crippen molar-refractivity contribution in [2.45, 2.75) is 13.0 Å². The molecule has 5 nitrogen and oxygen atoms in total. The zero-order valence-electron chi connectivity index (χ0n) is 9.96. The summed E-state index contributed by atoms with van der Waals surface area (Å²) in [6.07, 6.45) is 0.800. The van der Waals surface area contributed by atoms with Crippen molar-refractivity contribution in [2.24, 2.45) is 0 Å². The van der Waals surface area contributed by atoms with E-state index in [2.05, 4.69) is 19.8 Å². The molecule has 0 spiro atoms. The molecule has 0 aliphatic carbocycles. The van der Waals surface area contributed by atoms with Gasteiger partial charge in [-0.1, -0.05) is 0 Å². The molecular formula is C12H16N4O. The highest BCUT2D eigenvalue weighted by Gasteiger charge is 2.34. The number of hydrogen-bond donors (Lipinski definition) is 0. The zero-order valence-corrected chi connectivity index (χ0v) is 9.96. The van der Waals surface area contributed by atoms with E-state index in [9.17, 15) is 4.79 Å². The lowest BCUT2D eigenvalue weighted by atomic mass is 10.1. The molecule has 1 atom stereocenters. The number of nitrogens with zero attached hydrogens (tertiary/aromatic N) is 4. The number of rotatable bonds is 2. The molecule has 3 aliphatic heterocycles. The van der Waals surface area contributed by atoms with Crippen LogP contribution in [0, 0.1) is 6.92 Å². The molecule has 2 bridgehead atoms. The summed E-state index contributed by atoms with van der Waals surface area (Å²) in [6, 6.07) is 1.99. The maximum Gasteiger partial charge on any atom is 0.168 e. The van der Waals surface area contributed by atoms with Crippen LogP contribution in [0.4, 0.5) is 0 Å². The van der Waals surface area contributed by atoms with E-state index in [4.69, 9.17) is 0 Å². The SMILES string of the molecule is Cc1cc(C=O)nc(C2CN3CCN2CC3)n1. The molecule has 17 heavy (non-hydrogen) atoms. The summed E-state index contributed by atoms with van der Waals surface area (Å²) in [5.41, 5.74) is 1.36. The summed E-state index contributed by atoms with van der Waals surface area (Å²) < 4.78 is 0. The van der Waals surface area contributed by atoms with Crippen molar-refractivity contribution in [1.82, 2.24) is 19.8 Å². The van der Waals surface area contributed by atoms with E-state index in [1.165, 1.54) is 0 Å². The Hall–Kier alpha value is -1.33. The second-order valence-corrected chi connectivity index (χ2v) is 4.76. The van der Waals surface area contributed by atoms with Gasteiger partial charge in [0.05, 0.1) is 6.04 Å². The summed E-state index contributed by atoms with van der Waals surface area (Å²) in [6.45, 7) is 7.35. The first-order chi connectivity index (χ1) is 8.26. The van der Waals surface area contributed by atoms with E-state index in [1.54, 1.807) is 6.07 Å². The quantitative estimate of drug-likeness (QED) is 0.685. The third-order valence-electron chi connectivity index (χ3n) is 3.59. The first-order valence-electron chi connectivity index (χ1n) is 6.03. The molecule has 4 heterocycles. The summed E-state index contributed by atoms with van der Waals surface area (Å²) in [4.78, 5) is 24.5. The van der Waals surface area contributed by atoms with Crippen molar-refractivity contribution in [1.29, 1.82) is 0 Å². The van der Waals surface area contributed by atoms with Gasteiger partial charge in [-0.25, -0.2) is 9.97 Å². The highest BCUT2D eigenvalue weighted by atomic mass is 16.1. The van der Waals surface area contributed by atoms with Crippen LogP contribution in [0.15, 0.2) is 6.07 Å². The van der Waals surface area contributed by atoms with Gasteiger partial charge in [-0.15, -0.1) is 0 Å². The van der Waals surface area contributed by atoms with Crippen LogP contribution in [0.3, 0.4) is 0 Å². The molecule has 1 aromatic heterocycles. The van der Waals surface area contributed by atoms with Gasteiger partial charge >= 0.3 is 0 Å². The molecule has 0 radical (unpaired) electrons. The Morgan fingerprint density at radius 3 is 2.65 bits per heavy atom. The van der Waals surface area contributed by atoms with Crippen molar-refractivity contribution in [3.63, 3.8) is 0 Å². The van der Waals surface area contributed by atoms with Crippen molar-refractivity contribution < 1.29 is 4.79 Å². The zero-order chi connectivity index (χ0) is 11.8. The Morgan fingerprint density at radius 1 is 1.29 bits per heavy atom. The van der Waals surface area contributed by atoms with Gasteiger partial charge in [-0.05, 0) is 13.0 Å². The largest absolute Gasteiger partial charge is 0.299 e. The number of carbonyl (C=O) groups excluding carboxylic acids is 1. The van der Waals surface area contributed by atoms with Crippen LogP contribution >= 0.6 is 0 Å². The number of piperazine rings is 3. The third kappa shape index (κ3) is 1.96. The molecule has 3 fully saturated rings. The lowest BCUT2D eigenvalue weighted by Gasteiger charge is -2.46. The van der Waals surface area contributed by atoms with Crippen LogP contribution in [-0.2, 0) is 0 Å². The second-order valence-electron chi connectivity index (χ2n) is 4.76. The lowest BCUT2D eigenvalue weighted by molar-refractivity contribution is 0.00853. The fourth-order valence-corrected chi connectivity index (χ4v) is 2.69. The van der Waals surface area contributed by atoms with E-state index < -0.39 is 0 Å². The number of aldehydes is 1. The summed E-state index contributed by atoms with van der Waals surface area (Å²) in [5, 5.41) is 0. The lowest BCUT2D eigenvalue weighted by Crippen LogP contribution is -2.57. The highest BCUT2D eigenvalue weighted by molar-refractivity contribution is 5.71. The van der Waals surface area contributed by atoms with Crippen LogP contribution in [0.1, 0.15) is 28.0 Å². The van der Waals surface area contributed by atoms with Crippen LogP contribution in [0.25, 0.3) is 0 Å². The summed E-state index contributed by atoms with van der Waals surface area (Å²) in [5.74, 6) is 0.802. The van der Waals surface area contributed by atoms with Crippen molar-refractivity contribution in [2.75, 3.05) is 32.7 Å². The Morgan fingerprint density at radius 2 is 2.06 bits per heavy atom. The maximum atomic E-state index is 10.8. The fraction of sp³-hybridized carbons (Fsp3) is 0.583. The molecule has 1 unspecified atom stereocenters. The standard InChI is InChI=1S/C12H16N4O/c1-9-6-10(8-17)14-12(13-9)11-7-15-2-4-16(11)5-3-15/h6,8,11H,2-5,7H2,1H3. The maximum absolute atomic E-state index is 10.8.